The van der Waals surface area contributed by atoms with Crippen LogP contribution in [0, 0.1) is 0 Å². The number of carbonyl (C=O) groups excluding carboxylic acids is 2. The number of hydrogen-bond donors (Lipinski definition) is 0. The van der Waals surface area contributed by atoms with E-state index in [4.69, 9.17) is 11.6 Å². The van der Waals surface area contributed by atoms with E-state index in [1.54, 1.807) is 0 Å². The zero-order chi connectivity index (χ0) is 9.42. The molecule has 1 aliphatic rings. The van der Waals surface area contributed by atoms with Gasteiger partial charge in [-0.1, -0.05) is 11.6 Å². The van der Waals surface area contributed by atoms with Crippen LogP contribution >= 0.6 is 11.6 Å². The highest BCUT2D eigenvalue weighted by atomic mass is 35.5. The Balaban J connectivity index is 2.74. The maximum Gasteiger partial charge on any atom is 0.236 e. The van der Waals surface area contributed by atoms with Crippen LogP contribution in [0.2, 0.25) is 5.02 Å². The largest absolute Gasteiger partial charge is 0.286 e. The molecule has 0 saturated heterocycles. The molecule has 2 rings (SSSR count). The zero-order valence-corrected chi connectivity index (χ0v) is 7.21. The number of ketones is 2. The number of aromatic nitrogens is 1. The summed E-state index contributed by atoms with van der Waals surface area (Å²) in [6, 6.07) is 1.49. The Bertz CT molecular complexity index is 437. The van der Waals surface area contributed by atoms with E-state index in [-0.39, 0.29) is 10.6 Å². The van der Waals surface area contributed by atoms with Gasteiger partial charge in [0.2, 0.25) is 11.6 Å². The first-order valence-corrected chi connectivity index (χ1v) is 3.99. The lowest BCUT2D eigenvalue weighted by Crippen LogP contribution is -2.17. The number of allylic oxidation sites excluding steroid dienone is 1. The molecule has 0 atom stereocenters. The molecule has 0 bridgehead atoms. The summed E-state index contributed by atoms with van der Waals surface area (Å²) in [6.45, 7) is 0. The average Bonchev–Trinajstić information content (AvgIpc) is 2.12. The molecule has 3 nitrogen and oxygen atoms in total. The SMILES string of the molecule is O=C1C=Cc2nccc(Cl)c2C1=O. The van der Waals surface area contributed by atoms with Gasteiger partial charge in [0, 0.05) is 6.20 Å². The van der Waals surface area contributed by atoms with E-state index in [2.05, 4.69) is 4.98 Å². The molecule has 0 unspecified atom stereocenters. The number of pyridine rings is 1. The van der Waals surface area contributed by atoms with Crippen molar-refractivity contribution >= 4 is 29.2 Å². The van der Waals surface area contributed by atoms with E-state index in [1.165, 1.54) is 24.4 Å². The number of Topliss-reactive ketones (excluding diaryl/α,β-unsaturated/α-hetero) is 1. The van der Waals surface area contributed by atoms with Crippen LogP contribution < -0.4 is 0 Å². The minimum Gasteiger partial charge on any atom is -0.286 e. The molecule has 0 aromatic carbocycles. The molecule has 0 aliphatic heterocycles. The first kappa shape index (κ1) is 8.13. The molecule has 1 heterocycles. The molecular weight excluding hydrogens is 190 g/mol. The quantitative estimate of drug-likeness (QED) is 0.587. The van der Waals surface area contributed by atoms with Gasteiger partial charge in [0.25, 0.3) is 0 Å². The zero-order valence-electron chi connectivity index (χ0n) is 6.45. The first-order valence-electron chi connectivity index (χ1n) is 3.61. The van der Waals surface area contributed by atoms with Crippen molar-refractivity contribution in [3.8, 4) is 0 Å². The monoisotopic (exact) mass is 193 g/mol. The molecule has 1 aromatic rings. The molecule has 4 heteroatoms. The van der Waals surface area contributed by atoms with Crippen LogP contribution in [0.25, 0.3) is 6.08 Å². The van der Waals surface area contributed by atoms with Crippen LogP contribution in [-0.2, 0) is 4.79 Å². The number of halogens is 1. The second kappa shape index (κ2) is 2.78. The minimum absolute atomic E-state index is 0.205. The molecule has 13 heavy (non-hydrogen) atoms. The van der Waals surface area contributed by atoms with Crippen LogP contribution in [0.4, 0.5) is 0 Å². The highest BCUT2D eigenvalue weighted by Gasteiger charge is 2.23. The molecule has 0 saturated carbocycles. The Morgan fingerprint density at radius 2 is 2.00 bits per heavy atom. The normalized spacial score (nSPS) is 14.5. The summed E-state index contributed by atoms with van der Waals surface area (Å²) in [4.78, 5) is 26.2. The summed E-state index contributed by atoms with van der Waals surface area (Å²) < 4.78 is 0. The Morgan fingerprint density at radius 1 is 1.23 bits per heavy atom. The van der Waals surface area contributed by atoms with E-state index in [9.17, 15) is 9.59 Å². The second-order valence-electron chi connectivity index (χ2n) is 2.58. The third-order valence-corrected chi connectivity index (χ3v) is 2.09. The van der Waals surface area contributed by atoms with Gasteiger partial charge in [-0.05, 0) is 18.2 Å². The van der Waals surface area contributed by atoms with E-state index >= 15 is 0 Å². The van der Waals surface area contributed by atoms with Crippen molar-refractivity contribution in [2.75, 3.05) is 0 Å². The molecule has 0 fully saturated rings. The van der Waals surface area contributed by atoms with Crippen LogP contribution in [0.1, 0.15) is 16.1 Å². The number of fused-ring (bicyclic) bond motifs is 1. The fraction of sp³-hybridized carbons (Fsp3) is 0. The smallest absolute Gasteiger partial charge is 0.236 e. The van der Waals surface area contributed by atoms with Gasteiger partial charge in [-0.3, -0.25) is 14.6 Å². The van der Waals surface area contributed by atoms with Crippen LogP contribution in [0.15, 0.2) is 18.3 Å². The molecule has 1 aliphatic carbocycles. The van der Waals surface area contributed by atoms with Gasteiger partial charge in [0.05, 0.1) is 16.3 Å². The van der Waals surface area contributed by atoms with E-state index in [0.29, 0.717) is 5.69 Å². The maximum atomic E-state index is 11.3. The number of carbonyl (C=O) groups is 2. The van der Waals surface area contributed by atoms with Crippen molar-refractivity contribution in [1.29, 1.82) is 0 Å². The lowest BCUT2D eigenvalue weighted by molar-refractivity contribution is -0.110. The summed E-state index contributed by atoms with van der Waals surface area (Å²) in [5.74, 6) is -1.14. The number of nitrogens with zero attached hydrogens (tertiary/aromatic N) is 1. The summed E-state index contributed by atoms with van der Waals surface area (Å²) in [5.41, 5.74) is 0.661. The highest BCUT2D eigenvalue weighted by molar-refractivity contribution is 6.52. The maximum absolute atomic E-state index is 11.3. The van der Waals surface area contributed by atoms with Gasteiger partial charge in [-0.2, -0.15) is 0 Å². The molecule has 0 N–H and O–H groups in total. The van der Waals surface area contributed by atoms with Gasteiger partial charge in [0.1, 0.15) is 0 Å². The second-order valence-corrected chi connectivity index (χ2v) is 2.99. The molecule has 0 radical (unpaired) electrons. The molecule has 1 aromatic heterocycles. The predicted molar refractivity (Wildman–Crippen MR) is 47.6 cm³/mol. The Kier molecular flexibility index (Phi) is 1.74. The standard InChI is InChI=1S/C9H4ClNO2/c10-5-3-4-11-6-1-2-7(12)9(13)8(5)6/h1-4H. The van der Waals surface area contributed by atoms with Gasteiger partial charge in [-0.15, -0.1) is 0 Å². The van der Waals surface area contributed by atoms with Crippen molar-refractivity contribution < 1.29 is 9.59 Å². The van der Waals surface area contributed by atoms with E-state index in [0.717, 1.165) is 0 Å². The van der Waals surface area contributed by atoms with Gasteiger partial charge in [0.15, 0.2) is 0 Å². The summed E-state index contributed by atoms with van der Waals surface area (Å²) >= 11 is 5.76. The van der Waals surface area contributed by atoms with Crippen LogP contribution in [-0.4, -0.2) is 16.6 Å². The lowest BCUT2D eigenvalue weighted by atomic mass is 10.00. The van der Waals surface area contributed by atoms with Gasteiger partial charge in [-0.25, -0.2) is 0 Å². The van der Waals surface area contributed by atoms with Crippen molar-refractivity contribution in [3.05, 3.63) is 34.6 Å². The highest BCUT2D eigenvalue weighted by Crippen LogP contribution is 2.22. The minimum atomic E-state index is -0.587. The lowest BCUT2D eigenvalue weighted by Gasteiger charge is -2.07. The number of hydrogen-bond acceptors (Lipinski definition) is 3. The number of rotatable bonds is 0. The summed E-state index contributed by atoms with van der Waals surface area (Å²) in [5, 5.41) is 0.271. The van der Waals surface area contributed by atoms with Crippen molar-refractivity contribution in [2.45, 2.75) is 0 Å². The third-order valence-electron chi connectivity index (χ3n) is 1.77. The summed E-state index contributed by atoms with van der Waals surface area (Å²) in [7, 11) is 0. The topological polar surface area (TPSA) is 47.0 Å². The predicted octanol–water partition coefficient (Wildman–Crippen LogP) is 1.51. The Morgan fingerprint density at radius 3 is 2.77 bits per heavy atom. The molecular formula is C9H4ClNO2. The molecule has 0 amide bonds. The van der Waals surface area contributed by atoms with Crippen molar-refractivity contribution in [3.63, 3.8) is 0 Å². The van der Waals surface area contributed by atoms with Crippen LogP contribution in [0.3, 0.4) is 0 Å². The third kappa shape index (κ3) is 1.17. The Labute approximate surface area is 79.0 Å². The fourth-order valence-corrected chi connectivity index (χ4v) is 1.40. The van der Waals surface area contributed by atoms with Gasteiger partial charge >= 0.3 is 0 Å². The molecule has 0 spiro atoms. The molecule has 64 valence electrons. The van der Waals surface area contributed by atoms with Crippen molar-refractivity contribution in [1.82, 2.24) is 4.98 Å². The van der Waals surface area contributed by atoms with Crippen LogP contribution in [0.5, 0.6) is 0 Å². The fourth-order valence-electron chi connectivity index (χ4n) is 1.16. The van der Waals surface area contributed by atoms with Crippen molar-refractivity contribution in [2.24, 2.45) is 0 Å². The van der Waals surface area contributed by atoms with Gasteiger partial charge < -0.3 is 0 Å². The average molecular weight is 194 g/mol. The summed E-state index contributed by atoms with van der Waals surface area (Å²) in [6.07, 6.45) is 4.19. The van der Waals surface area contributed by atoms with E-state index < -0.39 is 11.6 Å². The first-order chi connectivity index (χ1) is 6.20. The Hall–Kier alpha value is -1.48. The van der Waals surface area contributed by atoms with E-state index in [1.807, 2.05) is 0 Å².